The molecular formula is C21H24N4O3. The number of benzene rings is 1. The lowest BCUT2D eigenvalue weighted by Gasteiger charge is -2.14. The van der Waals surface area contributed by atoms with E-state index in [2.05, 4.69) is 10.3 Å². The molecule has 3 rings (SSSR count). The summed E-state index contributed by atoms with van der Waals surface area (Å²) in [6.07, 6.45) is 0.735. The maximum atomic E-state index is 12.6. The van der Waals surface area contributed by atoms with Crippen LogP contribution in [0.1, 0.15) is 28.8 Å². The highest BCUT2D eigenvalue weighted by Crippen LogP contribution is 2.21. The molecule has 0 bridgehead atoms. The molecule has 3 aromatic rings. The third kappa shape index (κ3) is 3.47. The molecule has 0 saturated heterocycles. The lowest BCUT2D eigenvalue weighted by molar-refractivity contribution is -0.116. The Kier molecular flexibility index (Phi) is 5.18. The van der Waals surface area contributed by atoms with Crippen LogP contribution < -0.4 is 16.6 Å². The Bertz CT molecular complexity index is 1190. The van der Waals surface area contributed by atoms with Crippen LogP contribution >= 0.6 is 0 Å². The Hall–Kier alpha value is -3.22. The van der Waals surface area contributed by atoms with Crippen LogP contribution in [0.3, 0.4) is 0 Å². The molecule has 0 aliphatic rings. The zero-order valence-corrected chi connectivity index (χ0v) is 16.8. The van der Waals surface area contributed by atoms with Crippen molar-refractivity contribution in [2.45, 2.75) is 33.6 Å². The molecule has 1 aromatic carbocycles. The first kappa shape index (κ1) is 19.5. The summed E-state index contributed by atoms with van der Waals surface area (Å²) in [5.74, 6) is -0.101. The van der Waals surface area contributed by atoms with Crippen molar-refractivity contribution < 1.29 is 4.79 Å². The molecule has 2 aromatic heterocycles. The van der Waals surface area contributed by atoms with E-state index < -0.39 is 5.69 Å². The van der Waals surface area contributed by atoms with E-state index in [1.54, 1.807) is 7.05 Å². The van der Waals surface area contributed by atoms with Crippen LogP contribution in [-0.4, -0.2) is 20.0 Å². The summed E-state index contributed by atoms with van der Waals surface area (Å²) >= 11 is 0. The van der Waals surface area contributed by atoms with Gasteiger partial charge >= 0.3 is 5.69 Å². The summed E-state index contributed by atoms with van der Waals surface area (Å²) in [6, 6.07) is 7.62. The molecule has 1 N–H and O–H groups in total. The van der Waals surface area contributed by atoms with Gasteiger partial charge in [-0.2, -0.15) is 0 Å². The monoisotopic (exact) mass is 380 g/mol. The van der Waals surface area contributed by atoms with Crippen molar-refractivity contribution in [3.05, 3.63) is 67.5 Å². The van der Waals surface area contributed by atoms with Crippen LogP contribution in [0, 0.1) is 20.8 Å². The normalized spacial score (nSPS) is 11.0. The Labute approximate surface area is 162 Å². The van der Waals surface area contributed by atoms with Crippen LogP contribution in [0.2, 0.25) is 0 Å². The van der Waals surface area contributed by atoms with Gasteiger partial charge in [0.2, 0.25) is 5.91 Å². The fourth-order valence-corrected chi connectivity index (χ4v) is 3.41. The number of fused-ring (bicyclic) bond motifs is 1. The van der Waals surface area contributed by atoms with E-state index in [1.165, 1.54) is 11.6 Å². The minimum absolute atomic E-state index is 0.101. The molecule has 0 fully saturated rings. The lowest BCUT2D eigenvalue weighted by Crippen LogP contribution is -2.38. The number of pyridine rings is 1. The molecule has 0 unspecified atom stereocenters. The molecule has 1 amide bonds. The number of nitrogens with one attached hydrogen (secondary N) is 1. The van der Waals surface area contributed by atoms with E-state index in [1.807, 2.05) is 45.0 Å². The summed E-state index contributed by atoms with van der Waals surface area (Å²) in [5, 5.41) is 3.30. The highest BCUT2D eigenvalue weighted by Gasteiger charge is 2.17. The number of aromatic nitrogens is 3. The average molecular weight is 380 g/mol. The number of anilines is 1. The van der Waals surface area contributed by atoms with Gasteiger partial charge in [-0.25, -0.2) is 9.78 Å². The highest BCUT2D eigenvalue weighted by molar-refractivity contribution is 5.91. The number of hydrogen-bond donors (Lipinski definition) is 1. The van der Waals surface area contributed by atoms with E-state index in [-0.39, 0.29) is 17.9 Å². The zero-order chi connectivity index (χ0) is 20.6. The Morgan fingerprint density at radius 2 is 1.68 bits per heavy atom. The van der Waals surface area contributed by atoms with Gasteiger partial charge in [-0.05, 0) is 50.5 Å². The molecule has 0 aliphatic carbocycles. The van der Waals surface area contributed by atoms with Gasteiger partial charge in [-0.3, -0.25) is 18.7 Å². The molecule has 0 aliphatic heterocycles. The van der Waals surface area contributed by atoms with Crippen LogP contribution in [0.25, 0.3) is 11.0 Å². The molecule has 0 radical (unpaired) electrons. The maximum absolute atomic E-state index is 12.6. The molecule has 0 atom stereocenters. The summed E-state index contributed by atoms with van der Waals surface area (Å²) < 4.78 is 2.46. The lowest BCUT2D eigenvalue weighted by atomic mass is 10.00. The first-order chi connectivity index (χ1) is 13.2. The number of hydrogen-bond acceptors (Lipinski definition) is 4. The predicted molar refractivity (Wildman–Crippen MR) is 110 cm³/mol. The van der Waals surface area contributed by atoms with Crippen LogP contribution in [0.4, 0.5) is 5.69 Å². The number of carbonyl (C=O) groups is 1. The molecular weight excluding hydrogens is 356 g/mol. The quantitative estimate of drug-likeness (QED) is 0.751. The van der Waals surface area contributed by atoms with Crippen LogP contribution in [0.5, 0.6) is 0 Å². The van der Waals surface area contributed by atoms with Gasteiger partial charge in [0.05, 0.1) is 5.39 Å². The van der Waals surface area contributed by atoms with Gasteiger partial charge in [0.1, 0.15) is 5.65 Å². The summed E-state index contributed by atoms with van der Waals surface area (Å²) in [4.78, 5) is 41.6. The fourth-order valence-electron chi connectivity index (χ4n) is 3.41. The van der Waals surface area contributed by atoms with Gasteiger partial charge in [-0.15, -0.1) is 0 Å². The molecule has 146 valence electrons. The van der Waals surface area contributed by atoms with Crippen molar-refractivity contribution in [2.75, 3.05) is 5.32 Å². The SMILES string of the molecule is Cc1ccc(NC(=O)CCc2c(C)nc3c(c2C)c(=O)n(C)c(=O)n3C)cc1. The van der Waals surface area contributed by atoms with Crippen molar-refractivity contribution in [3.63, 3.8) is 0 Å². The topological polar surface area (TPSA) is 86.0 Å². The minimum atomic E-state index is -0.408. The molecule has 28 heavy (non-hydrogen) atoms. The van der Waals surface area contributed by atoms with E-state index in [0.717, 1.165) is 32.6 Å². The smallest absolute Gasteiger partial charge is 0.326 e. The second-order valence-electron chi connectivity index (χ2n) is 7.12. The highest BCUT2D eigenvalue weighted by atomic mass is 16.2. The van der Waals surface area contributed by atoms with E-state index >= 15 is 0 Å². The molecule has 0 saturated carbocycles. The summed E-state index contributed by atoms with van der Waals surface area (Å²) in [5.41, 5.74) is 3.82. The average Bonchev–Trinajstić information content (AvgIpc) is 2.66. The predicted octanol–water partition coefficient (Wildman–Crippen LogP) is 2.13. The van der Waals surface area contributed by atoms with Gasteiger partial charge in [0.25, 0.3) is 5.56 Å². The Morgan fingerprint density at radius 3 is 2.32 bits per heavy atom. The molecule has 7 heteroatoms. The van der Waals surface area contributed by atoms with E-state index in [0.29, 0.717) is 17.5 Å². The van der Waals surface area contributed by atoms with Crippen LogP contribution in [-0.2, 0) is 25.3 Å². The number of nitrogens with zero attached hydrogens (tertiary/aromatic N) is 3. The second-order valence-corrected chi connectivity index (χ2v) is 7.12. The standard InChI is InChI=1S/C21H24N4O3/c1-12-6-8-15(9-7-12)23-17(26)11-10-16-13(2)18-19(22-14(16)3)24(4)21(28)25(5)20(18)27/h6-9H,10-11H2,1-5H3,(H,23,26). The van der Waals surface area contributed by atoms with Crippen molar-refractivity contribution in [1.29, 1.82) is 0 Å². The van der Waals surface area contributed by atoms with Crippen molar-refractivity contribution in [2.24, 2.45) is 14.1 Å². The zero-order valence-electron chi connectivity index (χ0n) is 16.8. The number of amides is 1. The van der Waals surface area contributed by atoms with Gasteiger partial charge in [-0.1, -0.05) is 17.7 Å². The fraction of sp³-hybridized carbons (Fsp3) is 0.333. The Morgan fingerprint density at radius 1 is 1.04 bits per heavy atom. The first-order valence-corrected chi connectivity index (χ1v) is 9.13. The minimum Gasteiger partial charge on any atom is -0.326 e. The van der Waals surface area contributed by atoms with E-state index in [9.17, 15) is 14.4 Å². The van der Waals surface area contributed by atoms with Gasteiger partial charge in [0.15, 0.2) is 0 Å². The van der Waals surface area contributed by atoms with Crippen molar-refractivity contribution in [3.8, 4) is 0 Å². The van der Waals surface area contributed by atoms with E-state index in [4.69, 9.17) is 0 Å². The molecule has 2 heterocycles. The maximum Gasteiger partial charge on any atom is 0.332 e. The number of rotatable bonds is 4. The number of aryl methyl sites for hydroxylation is 4. The molecule has 0 spiro atoms. The van der Waals surface area contributed by atoms with Crippen LogP contribution in [0.15, 0.2) is 33.9 Å². The van der Waals surface area contributed by atoms with Crippen molar-refractivity contribution >= 4 is 22.6 Å². The third-order valence-corrected chi connectivity index (χ3v) is 5.11. The van der Waals surface area contributed by atoms with Gasteiger partial charge < -0.3 is 5.32 Å². The third-order valence-electron chi connectivity index (χ3n) is 5.11. The van der Waals surface area contributed by atoms with Crippen molar-refractivity contribution in [1.82, 2.24) is 14.1 Å². The van der Waals surface area contributed by atoms with Gasteiger partial charge in [0, 0.05) is 31.9 Å². The largest absolute Gasteiger partial charge is 0.332 e. The summed E-state index contributed by atoms with van der Waals surface area (Å²) in [7, 11) is 3.06. The molecule has 7 nitrogen and oxygen atoms in total. The number of carbonyl (C=O) groups excluding carboxylic acids is 1. The Balaban J connectivity index is 1.91. The first-order valence-electron chi connectivity index (χ1n) is 9.13. The summed E-state index contributed by atoms with van der Waals surface area (Å²) in [6.45, 7) is 5.67. The second kappa shape index (κ2) is 7.42.